The van der Waals surface area contributed by atoms with E-state index in [-0.39, 0.29) is 23.5 Å². The Bertz CT molecular complexity index is 2580. The monoisotopic (exact) mass is 1230 g/mol. The summed E-state index contributed by atoms with van der Waals surface area (Å²) in [7, 11) is 24.3. The fourth-order valence-electron chi connectivity index (χ4n) is 7.62. The molecule has 0 spiro atoms. The van der Waals surface area contributed by atoms with Crippen LogP contribution < -0.4 is 102 Å². The smallest absolute Gasteiger partial charge is 0.322 e. The van der Waals surface area contributed by atoms with Gasteiger partial charge in [-0.05, 0) is 60.0 Å². The first kappa shape index (κ1) is 72.5. The molecule has 0 aromatic carbocycles. The number of methoxy groups -OCH3 is 11. The Morgan fingerprint density at radius 2 is 0.667 bits per heavy atom. The van der Waals surface area contributed by atoms with Gasteiger partial charge in [-0.15, -0.1) is 0 Å². The van der Waals surface area contributed by atoms with Gasteiger partial charge in [0, 0.05) is 66.0 Å². The molecule has 14 N–H and O–H groups in total. The third-order valence-electron chi connectivity index (χ3n) is 12.3. The zero-order chi connectivity index (χ0) is 64.3. The molecule has 0 bridgehead atoms. The molecule has 7 rings (SSSR count). The van der Waals surface area contributed by atoms with Crippen molar-refractivity contribution in [2.24, 2.45) is 0 Å². The van der Waals surface area contributed by atoms with Crippen LogP contribution in [0.25, 0.3) is 0 Å². The second kappa shape index (κ2) is 39.7. The summed E-state index contributed by atoms with van der Waals surface area (Å²) in [5, 5.41) is 12.2. The predicted molar refractivity (Wildman–Crippen MR) is 333 cm³/mol. The molecule has 2 aliphatic rings. The lowest BCUT2D eigenvalue weighted by Gasteiger charge is -2.32. The number of nitrogens with zero attached hydrogens (tertiary/aromatic N) is 14. The van der Waals surface area contributed by atoms with Crippen molar-refractivity contribution >= 4 is 52.2 Å². The molecule has 5 aromatic rings. The van der Waals surface area contributed by atoms with E-state index < -0.39 is 0 Å². The Hall–Kier alpha value is -8.80. The van der Waals surface area contributed by atoms with Crippen LogP contribution in [0.15, 0.2) is 0 Å². The molecule has 488 valence electrons. The van der Waals surface area contributed by atoms with Crippen LogP contribution in [0.2, 0.25) is 0 Å². The second-order valence-corrected chi connectivity index (χ2v) is 18.6. The minimum atomic E-state index is 0.155. The van der Waals surface area contributed by atoms with Crippen LogP contribution in [0.3, 0.4) is 0 Å². The molecular formula is C52H93N23O12. The Morgan fingerprint density at radius 3 is 0.943 bits per heavy atom. The highest BCUT2D eigenvalue weighted by molar-refractivity contribution is 5.61. The molecular weight excluding hydrogens is 1140 g/mol. The van der Waals surface area contributed by atoms with E-state index in [9.17, 15) is 0 Å². The molecule has 7 heterocycles. The summed E-state index contributed by atoms with van der Waals surface area (Å²) in [5.74, 6) is 4.80. The number of nitrogen functional groups attached to an aromatic ring is 5. The second-order valence-electron chi connectivity index (χ2n) is 18.6. The molecule has 0 amide bonds. The van der Waals surface area contributed by atoms with Crippen molar-refractivity contribution in [2.45, 2.75) is 19.3 Å². The number of nitrogens with two attached hydrogens (primary N) is 5. The normalized spacial score (nSPS) is 13.0. The average Bonchev–Trinajstić information content (AvgIpc) is 3.61. The van der Waals surface area contributed by atoms with Gasteiger partial charge in [0.1, 0.15) is 0 Å². The van der Waals surface area contributed by atoms with E-state index in [4.69, 9.17) is 85.5 Å². The third-order valence-corrected chi connectivity index (χ3v) is 12.3. The maximum atomic E-state index is 5.82. The SMILES string of the molecule is CNc1nc(OC)c(N)c(OC)n1.COc1nc(NCCCN(C)C)nc(OC)c1N.COc1nc(NCCCN2CCN(C)CC2)nc(OC)c1N.COc1nc(NCCCN2CCOCC2)nc(OC)c1N.COc1nc(OC)c(N)c(OC)n1. The molecule has 2 saturated heterocycles. The number of rotatable bonds is 27. The number of ether oxygens (including phenoxy) is 12. The van der Waals surface area contributed by atoms with Crippen molar-refractivity contribution in [3.63, 3.8) is 0 Å². The highest BCUT2D eigenvalue weighted by Crippen LogP contribution is 2.32. The van der Waals surface area contributed by atoms with Gasteiger partial charge in [-0.25, -0.2) is 0 Å². The number of morpholine rings is 1. The number of piperazine rings is 1. The summed E-state index contributed by atoms with van der Waals surface area (Å²) >= 11 is 0. The number of likely N-dealkylation sites (N-methyl/N-ethyl adjacent to an activating group) is 1. The zero-order valence-corrected chi connectivity index (χ0v) is 53.1. The summed E-state index contributed by atoms with van der Waals surface area (Å²) in [6, 6.07) is 0.155. The topological polar surface area (TPSA) is 431 Å². The zero-order valence-electron chi connectivity index (χ0n) is 53.1. The lowest BCUT2D eigenvalue weighted by Crippen LogP contribution is -2.44. The number of nitrogens with one attached hydrogen (secondary N) is 4. The standard InChI is InChI=1S/C14H26N6O2.C13H23N5O3.C11H21N5O2.C7H12N4O2.C7H11N3O3/c1-19-7-9-20(10-8-19)6-4-5-16-14-17-12(21-2)11(15)13(18-14)22-3;1-19-11-10(14)12(20-2)17-13(16-11)15-4-3-5-18-6-8-21-9-7-18;1-16(2)7-5-6-13-11-14-9(17-3)8(12)10(15-11)18-4;1-9-7-10-5(12-2)4(8)6(11-7)13-3;1-11-5-4(8)6(12-2)10-7(9-5)13-3/h4-10,15H2,1-3H3,(H,16,17,18);3-9,14H2,1-2H3,(H,15,16,17);5-7,12H2,1-4H3,(H,13,14,15);8H2,1-3H3,(H,9,10,11);8H2,1-3H3. The fourth-order valence-corrected chi connectivity index (χ4v) is 7.62. The third kappa shape index (κ3) is 24.2. The van der Waals surface area contributed by atoms with Crippen LogP contribution in [0.1, 0.15) is 19.3 Å². The lowest BCUT2D eigenvalue weighted by atomic mass is 10.3. The Kier molecular flexibility index (Phi) is 33.1. The summed E-state index contributed by atoms with van der Waals surface area (Å²) in [6.07, 6.45) is 3.02. The summed E-state index contributed by atoms with van der Waals surface area (Å²) in [6.45, 7) is 13.6. The van der Waals surface area contributed by atoms with E-state index in [1.807, 2.05) is 14.1 Å². The summed E-state index contributed by atoms with van der Waals surface area (Å²) in [4.78, 5) is 50.1. The minimum absolute atomic E-state index is 0.155. The van der Waals surface area contributed by atoms with Gasteiger partial charge in [-0.1, -0.05) is 0 Å². The van der Waals surface area contributed by atoms with Crippen molar-refractivity contribution in [3.05, 3.63) is 0 Å². The van der Waals surface area contributed by atoms with Gasteiger partial charge in [0.2, 0.25) is 82.6 Å². The van der Waals surface area contributed by atoms with E-state index >= 15 is 0 Å². The van der Waals surface area contributed by atoms with Crippen LogP contribution in [-0.2, 0) is 4.74 Å². The molecule has 0 aliphatic carbocycles. The van der Waals surface area contributed by atoms with Crippen molar-refractivity contribution in [1.82, 2.24) is 69.4 Å². The first-order chi connectivity index (χ1) is 41.9. The predicted octanol–water partition coefficient (Wildman–Crippen LogP) is 0.977. The first-order valence-corrected chi connectivity index (χ1v) is 27.5. The highest BCUT2D eigenvalue weighted by atomic mass is 16.5. The molecule has 0 unspecified atom stereocenters. The number of aromatic nitrogens is 10. The maximum Gasteiger partial charge on any atom is 0.322 e. The molecule has 35 nitrogen and oxygen atoms in total. The largest absolute Gasteiger partial charge is 0.479 e. The molecule has 0 saturated carbocycles. The van der Waals surface area contributed by atoms with Crippen molar-refractivity contribution in [1.29, 1.82) is 0 Å². The van der Waals surface area contributed by atoms with Gasteiger partial charge in [0.05, 0.1) is 91.4 Å². The molecule has 35 heteroatoms. The number of hydrogen-bond acceptors (Lipinski definition) is 35. The van der Waals surface area contributed by atoms with Crippen molar-refractivity contribution in [3.8, 4) is 64.8 Å². The van der Waals surface area contributed by atoms with Gasteiger partial charge >= 0.3 is 6.01 Å². The molecule has 2 aliphatic heterocycles. The van der Waals surface area contributed by atoms with E-state index in [0.29, 0.717) is 93.6 Å². The Morgan fingerprint density at radius 1 is 0.391 bits per heavy atom. The Labute approximate surface area is 509 Å². The average molecular weight is 1230 g/mol. The van der Waals surface area contributed by atoms with Crippen LogP contribution in [0.4, 0.5) is 52.2 Å². The van der Waals surface area contributed by atoms with Crippen LogP contribution in [-0.4, -0.2) is 268 Å². The van der Waals surface area contributed by atoms with Crippen LogP contribution >= 0.6 is 0 Å². The number of hydrogen-bond donors (Lipinski definition) is 9. The lowest BCUT2D eigenvalue weighted by molar-refractivity contribution is 0.0378. The maximum absolute atomic E-state index is 5.82. The van der Waals surface area contributed by atoms with Gasteiger partial charge in [0.25, 0.3) is 0 Å². The summed E-state index contributed by atoms with van der Waals surface area (Å²) < 4.78 is 60.4. The molecule has 2 fully saturated rings. The van der Waals surface area contributed by atoms with E-state index in [1.165, 1.54) is 78.2 Å². The molecule has 87 heavy (non-hydrogen) atoms. The van der Waals surface area contributed by atoms with Gasteiger partial charge in [0.15, 0.2) is 28.4 Å². The van der Waals surface area contributed by atoms with Crippen LogP contribution in [0.5, 0.6) is 64.8 Å². The van der Waals surface area contributed by atoms with E-state index in [2.05, 4.69) is 97.8 Å². The first-order valence-electron chi connectivity index (χ1n) is 27.5. The minimum Gasteiger partial charge on any atom is -0.479 e. The van der Waals surface area contributed by atoms with Crippen LogP contribution in [0, 0.1) is 0 Å². The number of anilines is 9. The fraction of sp³-hybridized carbons (Fsp3) is 0.615. The highest BCUT2D eigenvalue weighted by Gasteiger charge is 2.18. The molecule has 0 radical (unpaired) electrons. The summed E-state index contributed by atoms with van der Waals surface area (Å²) in [5.41, 5.74) is 30.1. The van der Waals surface area contributed by atoms with Crippen molar-refractivity contribution in [2.75, 3.05) is 248 Å². The van der Waals surface area contributed by atoms with Gasteiger partial charge in [-0.2, -0.15) is 49.8 Å². The molecule has 0 atom stereocenters. The van der Waals surface area contributed by atoms with E-state index in [0.717, 1.165) is 111 Å². The van der Waals surface area contributed by atoms with Gasteiger partial charge < -0.3 is 121 Å². The van der Waals surface area contributed by atoms with Crippen molar-refractivity contribution < 1.29 is 56.8 Å². The molecule has 5 aromatic heterocycles. The van der Waals surface area contributed by atoms with E-state index in [1.54, 1.807) is 7.05 Å². The Balaban J connectivity index is 0.000000289. The quantitative estimate of drug-likeness (QED) is 0.0331. The van der Waals surface area contributed by atoms with Gasteiger partial charge in [-0.3, -0.25) is 4.90 Å².